The number of benzene rings is 6. The highest BCUT2D eigenvalue weighted by atomic mass is 15.4. The van der Waals surface area contributed by atoms with Crippen molar-refractivity contribution in [2.24, 2.45) is 0 Å². The molecule has 0 unspecified atom stereocenters. The number of para-hydroxylation sites is 4. The topological polar surface area (TPSA) is 87.4 Å². The summed E-state index contributed by atoms with van der Waals surface area (Å²) < 4.78 is 7.99. The van der Waals surface area contributed by atoms with Gasteiger partial charge in [-0.25, -0.2) is 9.36 Å². The summed E-state index contributed by atoms with van der Waals surface area (Å²) in [5, 5.41) is 13.5. The maximum absolute atomic E-state index is 5.39. The summed E-state index contributed by atoms with van der Waals surface area (Å²) in [6.45, 7) is 0. The molecular formula is C45H30N10. The van der Waals surface area contributed by atoms with Gasteiger partial charge in [-0.3, -0.25) is 14.0 Å². The molecule has 0 radical (unpaired) electrons. The molecule has 11 rings (SSSR count). The molecule has 0 fully saturated rings. The van der Waals surface area contributed by atoms with Gasteiger partial charge in [0.25, 0.3) is 0 Å². The van der Waals surface area contributed by atoms with Gasteiger partial charge < -0.3 is 0 Å². The van der Waals surface area contributed by atoms with Gasteiger partial charge in [-0.2, -0.15) is 25.1 Å². The molecule has 0 atom stereocenters. The van der Waals surface area contributed by atoms with Crippen molar-refractivity contribution < 1.29 is 0 Å². The van der Waals surface area contributed by atoms with E-state index in [1.54, 1.807) is 12.4 Å². The number of hydrogen-bond donors (Lipinski definition) is 0. The number of rotatable bonds is 7. The van der Waals surface area contributed by atoms with E-state index in [0.717, 1.165) is 66.4 Å². The number of anilines is 3. The van der Waals surface area contributed by atoms with Gasteiger partial charge in [-0.05, 0) is 72.8 Å². The fraction of sp³-hybridized carbons (Fsp3) is 0. The average molecular weight is 711 g/mol. The first kappa shape index (κ1) is 30.7. The Morgan fingerprint density at radius 3 is 1.16 bits per heavy atom. The Balaban J connectivity index is 1.24. The first-order chi connectivity index (χ1) is 27.3. The van der Waals surface area contributed by atoms with Crippen molar-refractivity contribution in [2.75, 3.05) is 4.90 Å². The van der Waals surface area contributed by atoms with Crippen molar-refractivity contribution in [3.63, 3.8) is 0 Å². The van der Waals surface area contributed by atoms with Gasteiger partial charge in [-0.15, -0.1) is 0 Å². The summed E-state index contributed by atoms with van der Waals surface area (Å²) in [4.78, 5) is 18.2. The molecule has 10 heteroatoms. The molecule has 0 aliphatic heterocycles. The lowest BCUT2D eigenvalue weighted by atomic mass is 10.2. The van der Waals surface area contributed by atoms with Crippen LogP contribution in [0.2, 0.25) is 0 Å². The van der Waals surface area contributed by atoms with Crippen LogP contribution in [0.4, 0.5) is 17.3 Å². The second kappa shape index (κ2) is 12.4. The molecule has 0 aliphatic rings. The molecule has 10 nitrogen and oxygen atoms in total. The summed E-state index contributed by atoms with van der Waals surface area (Å²) in [5.41, 5.74) is 7.49. The van der Waals surface area contributed by atoms with Gasteiger partial charge in [0.1, 0.15) is 0 Å². The Hall–Kier alpha value is -7.85. The third-order valence-electron chi connectivity index (χ3n) is 10.1. The molecule has 0 N–H and O–H groups in total. The van der Waals surface area contributed by atoms with Gasteiger partial charge in [0.2, 0.25) is 17.8 Å². The predicted octanol–water partition coefficient (Wildman–Crippen LogP) is 9.91. The van der Waals surface area contributed by atoms with Crippen LogP contribution in [0, 0.1) is 0 Å². The molecule has 0 spiro atoms. The fourth-order valence-corrected chi connectivity index (χ4v) is 7.69. The van der Waals surface area contributed by atoms with Gasteiger partial charge in [0.15, 0.2) is 0 Å². The fourth-order valence-electron chi connectivity index (χ4n) is 7.69. The molecule has 0 bridgehead atoms. The molecule has 5 heterocycles. The maximum Gasteiger partial charge on any atom is 0.241 e. The van der Waals surface area contributed by atoms with E-state index in [-0.39, 0.29) is 0 Å². The van der Waals surface area contributed by atoms with Gasteiger partial charge in [0, 0.05) is 46.3 Å². The van der Waals surface area contributed by atoms with E-state index in [1.165, 1.54) is 0 Å². The van der Waals surface area contributed by atoms with E-state index in [2.05, 4.69) is 146 Å². The molecule has 0 saturated carbocycles. The molecule has 0 aliphatic carbocycles. The minimum absolute atomic E-state index is 0.443. The quantitative estimate of drug-likeness (QED) is 0.164. The van der Waals surface area contributed by atoms with Crippen LogP contribution in [0.1, 0.15) is 0 Å². The highest BCUT2D eigenvalue weighted by molar-refractivity contribution is 6.10. The van der Waals surface area contributed by atoms with Crippen molar-refractivity contribution in [3.8, 4) is 23.3 Å². The zero-order chi connectivity index (χ0) is 36.3. The zero-order valence-electron chi connectivity index (χ0n) is 29.3. The summed E-state index contributed by atoms with van der Waals surface area (Å²) in [6, 6.07) is 53.9. The van der Waals surface area contributed by atoms with Crippen LogP contribution in [-0.4, -0.2) is 43.6 Å². The molecule has 6 aromatic carbocycles. The van der Waals surface area contributed by atoms with E-state index < -0.39 is 0 Å². The highest BCUT2D eigenvalue weighted by Crippen LogP contribution is 2.38. The smallest absolute Gasteiger partial charge is 0.241 e. The molecular weight excluding hydrogens is 681 g/mol. The van der Waals surface area contributed by atoms with Crippen molar-refractivity contribution >= 4 is 60.9 Å². The zero-order valence-corrected chi connectivity index (χ0v) is 29.3. The van der Waals surface area contributed by atoms with E-state index in [0.29, 0.717) is 17.8 Å². The van der Waals surface area contributed by atoms with E-state index in [9.17, 15) is 0 Å². The Labute approximate surface area is 314 Å². The second-order valence-electron chi connectivity index (χ2n) is 13.3. The van der Waals surface area contributed by atoms with Crippen molar-refractivity contribution in [3.05, 3.63) is 183 Å². The first-order valence-corrected chi connectivity index (χ1v) is 18.0. The van der Waals surface area contributed by atoms with Crippen LogP contribution in [0.5, 0.6) is 0 Å². The van der Waals surface area contributed by atoms with Crippen molar-refractivity contribution in [1.29, 1.82) is 0 Å². The molecule has 0 amide bonds. The van der Waals surface area contributed by atoms with Crippen LogP contribution in [0.15, 0.2) is 183 Å². The van der Waals surface area contributed by atoms with Gasteiger partial charge in [-0.1, -0.05) is 84.9 Å². The van der Waals surface area contributed by atoms with Gasteiger partial charge >= 0.3 is 0 Å². The van der Waals surface area contributed by atoms with Crippen LogP contribution < -0.4 is 4.90 Å². The summed E-state index contributed by atoms with van der Waals surface area (Å²) in [5.74, 6) is 1.44. The average Bonchev–Trinajstić information content (AvgIpc) is 4.07. The van der Waals surface area contributed by atoms with Gasteiger partial charge in [0.05, 0.1) is 44.8 Å². The summed E-state index contributed by atoms with van der Waals surface area (Å²) >= 11 is 0. The van der Waals surface area contributed by atoms with Crippen LogP contribution in [0.3, 0.4) is 0 Å². The predicted molar refractivity (Wildman–Crippen MR) is 217 cm³/mol. The minimum atomic E-state index is 0.443. The Kier molecular flexibility index (Phi) is 6.92. The lowest BCUT2D eigenvalue weighted by Gasteiger charge is -2.25. The molecule has 260 valence electrons. The molecule has 11 aromatic rings. The van der Waals surface area contributed by atoms with Crippen LogP contribution >= 0.6 is 0 Å². The standard InChI is InChI=1S/C45H30N10/c1-5-21-39-35(17-1)36-18-2-6-22-40(36)54(39)44-48-43(49-45(50-44)55-41-23-7-3-19-37(41)38-20-4-8-24-42(38)55)53(33-15-9-13-31(29-33)51-27-11-25-46-51)34-16-10-14-32(30-34)52-28-12-26-47-52/h1-30H. The van der Waals surface area contributed by atoms with E-state index >= 15 is 0 Å². The monoisotopic (exact) mass is 710 g/mol. The Morgan fingerprint density at radius 2 is 0.782 bits per heavy atom. The SMILES string of the molecule is c1cc(N(c2cccc(-n3cccn3)c2)c2nc(-n3c4ccccc4c4ccccc43)nc(-n3c4ccccc4c4ccccc43)n2)cc(-n2cccn2)c1. The summed E-state index contributed by atoms with van der Waals surface area (Å²) in [6.07, 6.45) is 7.43. The van der Waals surface area contributed by atoms with Crippen LogP contribution in [0.25, 0.3) is 66.9 Å². The number of fused-ring (bicyclic) bond motifs is 6. The van der Waals surface area contributed by atoms with Crippen molar-refractivity contribution in [2.45, 2.75) is 0 Å². The largest absolute Gasteiger partial charge is 0.279 e. The molecule has 0 saturated heterocycles. The number of hydrogen-bond acceptors (Lipinski definition) is 6. The lowest BCUT2D eigenvalue weighted by Crippen LogP contribution is -2.18. The Bertz CT molecular complexity index is 2860. The first-order valence-electron chi connectivity index (χ1n) is 18.0. The molecule has 55 heavy (non-hydrogen) atoms. The maximum atomic E-state index is 5.39. The van der Waals surface area contributed by atoms with Crippen molar-refractivity contribution in [1.82, 2.24) is 43.6 Å². The number of aromatic nitrogens is 9. The second-order valence-corrected chi connectivity index (χ2v) is 13.3. The molecule has 5 aromatic heterocycles. The number of nitrogens with zero attached hydrogens (tertiary/aromatic N) is 10. The normalized spacial score (nSPS) is 11.6. The summed E-state index contributed by atoms with van der Waals surface area (Å²) in [7, 11) is 0. The van der Waals surface area contributed by atoms with E-state index in [1.807, 2.05) is 58.2 Å². The minimum Gasteiger partial charge on any atom is -0.279 e. The third-order valence-corrected chi connectivity index (χ3v) is 10.1. The third kappa shape index (κ3) is 5.00. The van der Waals surface area contributed by atoms with E-state index in [4.69, 9.17) is 15.0 Å². The Morgan fingerprint density at radius 1 is 0.382 bits per heavy atom. The lowest BCUT2D eigenvalue weighted by molar-refractivity contribution is 0.869. The highest BCUT2D eigenvalue weighted by Gasteiger charge is 2.24. The van der Waals surface area contributed by atoms with Crippen LogP contribution in [-0.2, 0) is 0 Å².